The number of carbonyl (C=O) groups is 2. The maximum atomic E-state index is 12.4. The Hall–Kier alpha value is -4.42. The lowest BCUT2D eigenvalue weighted by molar-refractivity contribution is -0.122. The fourth-order valence-corrected chi connectivity index (χ4v) is 2.47. The van der Waals surface area contributed by atoms with E-state index < -0.39 is 0 Å². The van der Waals surface area contributed by atoms with Gasteiger partial charge in [-0.15, -0.1) is 5.10 Å². The van der Waals surface area contributed by atoms with Gasteiger partial charge in [0, 0.05) is 18.0 Å². The van der Waals surface area contributed by atoms with Gasteiger partial charge in [-0.05, 0) is 16.5 Å². The number of aromatic amines is 1. The Balaban J connectivity index is 0.000000755. The lowest BCUT2D eigenvalue weighted by atomic mass is 10.2. The molecule has 0 bridgehead atoms. The second-order valence-electron chi connectivity index (χ2n) is 5.52. The Morgan fingerprint density at radius 3 is 2.86 bits per heavy atom. The van der Waals surface area contributed by atoms with Crippen molar-refractivity contribution in [1.29, 1.82) is 0 Å². The number of hydrogen-bond acceptors (Lipinski definition) is 8. The van der Waals surface area contributed by atoms with Gasteiger partial charge in [0.1, 0.15) is 12.0 Å². The van der Waals surface area contributed by atoms with E-state index in [0.29, 0.717) is 11.2 Å². The third-order valence-electron chi connectivity index (χ3n) is 3.76. The molecule has 148 valence electrons. The molecule has 1 aromatic carbocycles. The van der Waals surface area contributed by atoms with Crippen molar-refractivity contribution in [3.63, 3.8) is 0 Å². The van der Waals surface area contributed by atoms with E-state index in [0.717, 1.165) is 5.39 Å². The predicted octanol–water partition coefficient (Wildman–Crippen LogP) is -0.774. The number of nitrogens with zero attached hydrogens (tertiary/aromatic N) is 7. The Morgan fingerprint density at radius 2 is 2.10 bits per heavy atom. The number of hydrogen-bond donors (Lipinski definition) is 3. The van der Waals surface area contributed by atoms with E-state index in [-0.39, 0.29) is 36.7 Å². The summed E-state index contributed by atoms with van der Waals surface area (Å²) in [5, 5.41) is 32.4. The van der Waals surface area contributed by atoms with Crippen molar-refractivity contribution in [3.8, 4) is 5.82 Å². The standard InChI is InChI=1S/C15H13N9O2.CH2O2/c25-14(12-7-13(20-19-12)24-9-17-21-22-24)16-5-6-23-15(26)11-4-2-1-3-10(11)8-18-23;2-1-3/h1-4,7-9H,5-6H2,(H,16,25)(H,19,20);1H,(H,2,3). The molecule has 13 heteroatoms. The van der Waals surface area contributed by atoms with Crippen LogP contribution in [0.25, 0.3) is 16.6 Å². The number of fused-ring (bicyclic) bond motifs is 1. The molecule has 0 aliphatic rings. The van der Waals surface area contributed by atoms with Crippen molar-refractivity contribution in [2.45, 2.75) is 6.54 Å². The zero-order chi connectivity index (χ0) is 20.6. The summed E-state index contributed by atoms with van der Waals surface area (Å²) in [5.74, 6) is 0.0400. The SMILES string of the molecule is O=C(NCCn1ncc2ccccc2c1=O)c1cc(-n2cnnn2)n[nH]1.O=CO. The summed E-state index contributed by atoms with van der Waals surface area (Å²) in [7, 11) is 0. The number of carbonyl (C=O) groups excluding carboxylic acids is 1. The second-order valence-corrected chi connectivity index (χ2v) is 5.52. The van der Waals surface area contributed by atoms with Crippen molar-refractivity contribution in [3.05, 3.63) is 58.9 Å². The Labute approximate surface area is 162 Å². The van der Waals surface area contributed by atoms with E-state index in [1.807, 2.05) is 12.1 Å². The largest absolute Gasteiger partial charge is 0.483 e. The van der Waals surface area contributed by atoms with Crippen LogP contribution in [0, 0.1) is 0 Å². The van der Waals surface area contributed by atoms with E-state index >= 15 is 0 Å². The molecule has 1 amide bonds. The van der Waals surface area contributed by atoms with Crippen LogP contribution in [0.3, 0.4) is 0 Å². The molecule has 4 rings (SSSR count). The van der Waals surface area contributed by atoms with Gasteiger partial charge in [0.05, 0.1) is 18.1 Å². The minimum Gasteiger partial charge on any atom is -0.483 e. The van der Waals surface area contributed by atoms with Crippen LogP contribution in [-0.4, -0.2) is 64.2 Å². The van der Waals surface area contributed by atoms with E-state index in [9.17, 15) is 9.59 Å². The molecule has 13 nitrogen and oxygen atoms in total. The lowest BCUT2D eigenvalue weighted by Crippen LogP contribution is -2.32. The predicted molar refractivity (Wildman–Crippen MR) is 98.3 cm³/mol. The second kappa shape index (κ2) is 8.98. The molecule has 0 aliphatic heterocycles. The third kappa shape index (κ3) is 4.47. The van der Waals surface area contributed by atoms with Gasteiger partial charge in [-0.1, -0.05) is 18.2 Å². The highest BCUT2D eigenvalue weighted by Crippen LogP contribution is 2.06. The number of H-pyrrole nitrogens is 1. The molecule has 3 aromatic heterocycles. The average molecular weight is 397 g/mol. The van der Waals surface area contributed by atoms with Gasteiger partial charge in [0.25, 0.3) is 17.9 Å². The monoisotopic (exact) mass is 397 g/mol. The average Bonchev–Trinajstić information content (AvgIpc) is 3.42. The van der Waals surface area contributed by atoms with Crippen LogP contribution in [0.4, 0.5) is 0 Å². The fourth-order valence-electron chi connectivity index (χ4n) is 2.47. The third-order valence-corrected chi connectivity index (χ3v) is 3.76. The molecular weight excluding hydrogens is 382 g/mol. The van der Waals surface area contributed by atoms with Gasteiger partial charge in [0.15, 0.2) is 5.82 Å². The highest BCUT2D eigenvalue weighted by atomic mass is 16.3. The first kappa shape index (κ1) is 19.3. The molecule has 0 unspecified atom stereocenters. The molecule has 0 atom stereocenters. The molecule has 4 aromatic rings. The van der Waals surface area contributed by atoms with Crippen LogP contribution < -0.4 is 10.9 Å². The van der Waals surface area contributed by atoms with Crippen molar-refractivity contribution in [2.24, 2.45) is 0 Å². The topological polar surface area (TPSA) is 174 Å². The number of aromatic nitrogens is 8. The zero-order valence-corrected chi connectivity index (χ0v) is 14.8. The maximum Gasteiger partial charge on any atom is 0.290 e. The van der Waals surface area contributed by atoms with Crippen LogP contribution in [0.2, 0.25) is 0 Å². The van der Waals surface area contributed by atoms with Crippen molar-refractivity contribution in [1.82, 2.24) is 45.5 Å². The van der Waals surface area contributed by atoms with Crippen molar-refractivity contribution < 1.29 is 14.7 Å². The van der Waals surface area contributed by atoms with Crippen LogP contribution in [-0.2, 0) is 11.3 Å². The molecule has 3 N–H and O–H groups in total. The first-order valence-electron chi connectivity index (χ1n) is 8.23. The summed E-state index contributed by atoms with van der Waals surface area (Å²) in [4.78, 5) is 32.9. The van der Waals surface area contributed by atoms with Gasteiger partial charge in [-0.2, -0.15) is 14.9 Å². The van der Waals surface area contributed by atoms with E-state index in [2.05, 4.69) is 36.1 Å². The minimum absolute atomic E-state index is 0.195. The number of tetrazole rings is 1. The van der Waals surface area contributed by atoms with Gasteiger partial charge in [-0.25, -0.2) is 4.68 Å². The van der Waals surface area contributed by atoms with Crippen LogP contribution in [0.5, 0.6) is 0 Å². The van der Waals surface area contributed by atoms with Crippen LogP contribution in [0.1, 0.15) is 10.5 Å². The molecular formula is C16H15N9O4. The number of amides is 1. The normalized spacial score (nSPS) is 10.2. The summed E-state index contributed by atoms with van der Waals surface area (Å²) in [6.45, 7) is 0.243. The number of nitrogens with one attached hydrogen (secondary N) is 2. The lowest BCUT2D eigenvalue weighted by Gasteiger charge is -2.06. The quantitative estimate of drug-likeness (QED) is 0.365. The molecule has 3 heterocycles. The van der Waals surface area contributed by atoms with E-state index in [1.54, 1.807) is 18.3 Å². The summed E-state index contributed by atoms with van der Waals surface area (Å²) in [5.41, 5.74) is 0.0641. The number of rotatable bonds is 5. The number of benzene rings is 1. The van der Waals surface area contributed by atoms with Crippen LogP contribution in [0.15, 0.2) is 47.7 Å². The first-order chi connectivity index (χ1) is 14.1. The van der Waals surface area contributed by atoms with Gasteiger partial charge < -0.3 is 10.4 Å². The Morgan fingerprint density at radius 1 is 1.31 bits per heavy atom. The van der Waals surface area contributed by atoms with E-state index in [4.69, 9.17) is 9.90 Å². The fraction of sp³-hybridized carbons (Fsp3) is 0.125. The van der Waals surface area contributed by atoms with Gasteiger partial charge >= 0.3 is 0 Å². The molecule has 0 saturated heterocycles. The first-order valence-corrected chi connectivity index (χ1v) is 8.23. The molecule has 0 radical (unpaired) electrons. The molecule has 29 heavy (non-hydrogen) atoms. The Kier molecular flexibility index (Phi) is 5.99. The van der Waals surface area contributed by atoms with Gasteiger partial charge in [-0.3, -0.25) is 19.5 Å². The van der Waals surface area contributed by atoms with Gasteiger partial charge in [0.2, 0.25) is 0 Å². The minimum atomic E-state index is -0.356. The van der Waals surface area contributed by atoms with Crippen molar-refractivity contribution in [2.75, 3.05) is 6.54 Å². The van der Waals surface area contributed by atoms with E-state index in [1.165, 1.54) is 21.8 Å². The van der Waals surface area contributed by atoms with Crippen LogP contribution >= 0.6 is 0 Å². The molecule has 0 saturated carbocycles. The highest BCUT2D eigenvalue weighted by Gasteiger charge is 2.11. The zero-order valence-electron chi connectivity index (χ0n) is 14.8. The molecule has 0 spiro atoms. The summed E-state index contributed by atoms with van der Waals surface area (Å²) in [6, 6.07) is 8.75. The summed E-state index contributed by atoms with van der Waals surface area (Å²) in [6.07, 6.45) is 3.00. The smallest absolute Gasteiger partial charge is 0.290 e. The number of carboxylic acid groups (broad SMARTS) is 1. The summed E-state index contributed by atoms with van der Waals surface area (Å²) >= 11 is 0. The highest BCUT2D eigenvalue weighted by molar-refractivity contribution is 5.92. The maximum absolute atomic E-state index is 12.4. The Bertz CT molecular complexity index is 1170. The summed E-state index contributed by atoms with van der Waals surface area (Å²) < 4.78 is 2.65. The molecule has 0 aliphatic carbocycles. The van der Waals surface area contributed by atoms with Crippen molar-refractivity contribution >= 4 is 23.2 Å². The molecule has 0 fully saturated rings.